The molecule has 0 radical (unpaired) electrons. The molecule has 0 saturated carbocycles. The molecule has 1 aliphatic carbocycles. The number of nitrogens with zero attached hydrogens (tertiary/aromatic N) is 2. The number of hydrogen-bond donors (Lipinski definition) is 1. The van der Waals surface area contributed by atoms with Crippen molar-refractivity contribution in [3.8, 4) is 0 Å². The first-order chi connectivity index (χ1) is 12.5. The SMILES string of the molecule is C[C@@H]1CCc2c(sc3ncn(CC(=O)Nc4ccccc4F)c(=O)c23)C1. The van der Waals surface area contributed by atoms with E-state index in [1.807, 2.05) is 0 Å². The number of thiophene rings is 1. The number of benzene rings is 1. The average Bonchev–Trinajstić information content (AvgIpc) is 2.97. The number of carbonyl (C=O) groups excluding carboxylic acids is 1. The van der Waals surface area contributed by atoms with Crippen LogP contribution in [0.3, 0.4) is 0 Å². The van der Waals surface area contributed by atoms with Crippen LogP contribution < -0.4 is 10.9 Å². The van der Waals surface area contributed by atoms with Crippen molar-refractivity contribution < 1.29 is 9.18 Å². The summed E-state index contributed by atoms with van der Waals surface area (Å²) < 4.78 is 15.0. The van der Waals surface area contributed by atoms with E-state index in [4.69, 9.17) is 0 Å². The molecular formula is C19H18FN3O2S. The first-order valence-electron chi connectivity index (χ1n) is 8.57. The Kier molecular flexibility index (Phi) is 4.32. The van der Waals surface area contributed by atoms with Crippen LogP contribution in [0.15, 0.2) is 35.4 Å². The zero-order chi connectivity index (χ0) is 18.3. The fourth-order valence-corrected chi connectivity index (χ4v) is 4.73. The molecule has 0 spiro atoms. The highest BCUT2D eigenvalue weighted by molar-refractivity contribution is 7.18. The fourth-order valence-electron chi connectivity index (χ4n) is 3.39. The van der Waals surface area contributed by atoms with E-state index in [9.17, 15) is 14.0 Å². The van der Waals surface area contributed by atoms with Crippen molar-refractivity contribution in [3.05, 3.63) is 57.2 Å². The number of amides is 1. The smallest absolute Gasteiger partial charge is 0.262 e. The number of fused-ring (bicyclic) bond motifs is 3. The van der Waals surface area contributed by atoms with Crippen molar-refractivity contribution in [2.75, 3.05) is 5.32 Å². The summed E-state index contributed by atoms with van der Waals surface area (Å²) in [5.74, 6) is -0.358. The van der Waals surface area contributed by atoms with Gasteiger partial charge in [0.1, 0.15) is 17.2 Å². The minimum atomic E-state index is -0.511. The summed E-state index contributed by atoms with van der Waals surface area (Å²) in [7, 11) is 0. The largest absolute Gasteiger partial charge is 0.322 e. The van der Waals surface area contributed by atoms with Gasteiger partial charge < -0.3 is 5.32 Å². The highest BCUT2D eigenvalue weighted by Crippen LogP contribution is 2.35. The summed E-state index contributed by atoms with van der Waals surface area (Å²) in [4.78, 5) is 31.4. The van der Waals surface area contributed by atoms with E-state index < -0.39 is 11.7 Å². The lowest BCUT2D eigenvalue weighted by atomic mass is 9.89. The maximum absolute atomic E-state index is 13.7. The van der Waals surface area contributed by atoms with E-state index in [0.29, 0.717) is 11.3 Å². The molecule has 3 aromatic rings. The monoisotopic (exact) mass is 371 g/mol. The third-order valence-electron chi connectivity index (χ3n) is 4.74. The van der Waals surface area contributed by atoms with Crippen LogP contribution in [0.5, 0.6) is 0 Å². The van der Waals surface area contributed by atoms with Crippen LogP contribution in [0.2, 0.25) is 0 Å². The van der Waals surface area contributed by atoms with Gasteiger partial charge in [0.25, 0.3) is 5.56 Å². The van der Waals surface area contributed by atoms with E-state index in [2.05, 4.69) is 17.2 Å². The van der Waals surface area contributed by atoms with Crippen LogP contribution in [-0.4, -0.2) is 15.5 Å². The summed E-state index contributed by atoms with van der Waals surface area (Å²) in [5.41, 5.74) is 0.983. The lowest BCUT2D eigenvalue weighted by Gasteiger charge is -2.17. The molecule has 0 fully saturated rings. The second-order valence-electron chi connectivity index (χ2n) is 6.74. The van der Waals surface area contributed by atoms with Gasteiger partial charge in [0.15, 0.2) is 0 Å². The van der Waals surface area contributed by atoms with Crippen LogP contribution in [0, 0.1) is 11.7 Å². The Morgan fingerprint density at radius 1 is 1.42 bits per heavy atom. The molecule has 5 nitrogen and oxygen atoms in total. The molecule has 2 heterocycles. The Balaban J connectivity index is 1.63. The summed E-state index contributed by atoms with van der Waals surface area (Å²) in [5, 5.41) is 3.13. The Morgan fingerprint density at radius 2 is 2.23 bits per heavy atom. The number of nitrogens with one attached hydrogen (secondary N) is 1. The molecule has 7 heteroatoms. The van der Waals surface area contributed by atoms with Gasteiger partial charge in [-0.1, -0.05) is 19.1 Å². The molecule has 0 bridgehead atoms. The number of rotatable bonds is 3. The third kappa shape index (κ3) is 3.03. The van der Waals surface area contributed by atoms with Crippen molar-refractivity contribution in [2.45, 2.75) is 32.7 Å². The Hall–Kier alpha value is -2.54. The predicted octanol–water partition coefficient (Wildman–Crippen LogP) is 3.36. The van der Waals surface area contributed by atoms with Gasteiger partial charge in [-0.05, 0) is 42.9 Å². The highest BCUT2D eigenvalue weighted by atomic mass is 32.1. The Morgan fingerprint density at radius 3 is 3.04 bits per heavy atom. The molecule has 0 unspecified atom stereocenters. The van der Waals surface area contributed by atoms with E-state index in [0.717, 1.165) is 29.7 Å². The zero-order valence-corrected chi connectivity index (χ0v) is 15.1. The number of anilines is 1. The number of para-hydroxylation sites is 1. The van der Waals surface area contributed by atoms with Gasteiger partial charge in [0, 0.05) is 4.88 Å². The summed E-state index contributed by atoms with van der Waals surface area (Å²) in [6, 6.07) is 5.94. The summed E-state index contributed by atoms with van der Waals surface area (Å²) >= 11 is 1.58. The van der Waals surface area contributed by atoms with Crippen molar-refractivity contribution in [1.29, 1.82) is 0 Å². The molecule has 26 heavy (non-hydrogen) atoms. The summed E-state index contributed by atoms with van der Waals surface area (Å²) in [6.45, 7) is 2.02. The average molecular weight is 371 g/mol. The lowest BCUT2D eigenvalue weighted by molar-refractivity contribution is -0.116. The van der Waals surface area contributed by atoms with E-state index in [-0.39, 0.29) is 17.8 Å². The second-order valence-corrected chi connectivity index (χ2v) is 7.82. The number of halogens is 1. The number of hydrogen-bond acceptors (Lipinski definition) is 4. The van der Waals surface area contributed by atoms with E-state index in [1.165, 1.54) is 27.9 Å². The molecule has 0 aliphatic heterocycles. The van der Waals surface area contributed by atoms with E-state index in [1.54, 1.807) is 23.5 Å². The van der Waals surface area contributed by atoms with Gasteiger partial charge in [-0.3, -0.25) is 14.2 Å². The quantitative estimate of drug-likeness (QED) is 0.768. The normalized spacial score (nSPS) is 16.5. The minimum Gasteiger partial charge on any atom is -0.322 e. The van der Waals surface area contributed by atoms with Crippen LogP contribution in [-0.2, 0) is 24.2 Å². The Bertz CT molecular complexity index is 1060. The van der Waals surface area contributed by atoms with Crippen LogP contribution in [0.25, 0.3) is 10.2 Å². The van der Waals surface area contributed by atoms with Gasteiger partial charge in [-0.15, -0.1) is 11.3 Å². The second kappa shape index (κ2) is 6.64. The standard InChI is InChI=1S/C19H18FN3O2S/c1-11-6-7-12-15(8-11)26-18-17(12)19(25)23(10-21-18)9-16(24)22-14-5-3-2-4-13(14)20/h2-5,10-11H,6-9H2,1H3,(H,22,24)/t11-/m1/s1. The molecule has 0 saturated heterocycles. The topological polar surface area (TPSA) is 64.0 Å². The van der Waals surface area contributed by atoms with Crippen molar-refractivity contribution in [3.63, 3.8) is 0 Å². The highest BCUT2D eigenvalue weighted by Gasteiger charge is 2.23. The lowest BCUT2D eigenvalue weighted by Crippen LogP contribution is -2.28. The van der Waals surface area contributed by atoms with Gasteiger partial charge in [-0.25, -0.2) is 9.37 Å². The molecule has 4 rings (SSSR count). The van der Waals surface area contributed by atoms with Crippen molar-refractivity contribution >= 4 is 33.1 Å². The van der Waals surface area contributed by atoms with Crippen LogP contribution >= 0.6 is 11.3 Å². The van der Waals surface area contributed by atoms with Crippen LogP contribution in [0.1, 0.15) is 23.8 Å². The number of aryl methyl sites for hydroxylation is 1. The van der Waals surface area contributed by atoms with Crippen LogP contribution in [0.4, 0.5) is 10.1 Å². The first-order valence-corrected chi connectivity index (χ1v) is 9.38. The molecule has 1 atom stereocenters. The maximum atomic E-state index is 13.7. The summed E-state index contributed by atoms with van der Waals surface area (Å²) in [6.07, 6.45) is 4.31. The fraction of sp³-hybridized carbons (Fsp3) is 0.316. The molecule has 1 amide bonds. The van der Waals surface area contributed by atoms with Gasteiger partial charge in [-0.2, -0.15) is 0 Å². The number of aromatic nitrogens is 2. The third-order valence-corrected chi connectivity index (χ3v) is 5.91. The zero-order valence-electron chi connectivity index (χ0n) is 14.3. The predicted molar refractivity (Wildman–Crippen MR) is 100 cm³/mol. The molecule has 1 N–H and O–H groups in total. The molecule has 1 aliphatic rings. The minimum absolute atomic E-state index is 0.0986. The molecule has 134 valence electrons. The van der Waals surface area contributed by atoms with Crippen molar-refractivity contribution in [2.24, 2.45) is 5.92 Å². The molecular weight excluding hydrogens is 353 g/mol. The van der Waals surface area contributed by atoms with E-state index >= 15 is 0 Å². The number of carbonyl (C=O) groups is 1. The Labute approximate surface area is 153 Å². The van der Waals surface area contributed by atoms with Gasteiger partial charge in [0.2, 0.25) is 5.91 Å². The van der Waals surface area contributed by atoms with Gasteiger partial charge >= 0.3 is 0 Å². The van der Waals surface area contributed by atoms with Gasteiger partial charge in [0.05, 0.1) is 17.4 Å². The maximum Gasteiger partial charge on any atom is 0.262 e. The molecule has 2 aromatic heterocycles. The van der Waals surface area contributed by atoms with Crippen molar-refractivity contribution in [1.82, 2.24) is 9.55 Å². The first kappa shape index (κ1) is 16.9. The molecule has 1 aromatic carbocycles.